The number of benzene rings is 1. The minimum atomic E-state index is -0.510. The molecule has 0 saturated carbocycles. The molecule has 0 aliphatic carbocycles. The van der Waals surface area contributed by atoms with E-state index in [0.29, 0.717) is 24.7 Å². The molecule has 0 aromatic heterocycles. The normalized spacial score (nSPS) is 17.5. The highest BCUT2D eigenvalue weighted by Gasteiger charge is 2.32. The Morgan fingerprint density at radius 1 is 1.25 bits per heavy atom. The predicted molar refractivity (Wildman–Crippen MR) is 89.2 cm³/mol. The van der Waals surface area contributed by atoms with Crippen molar-refractivity contribution in [1.82, 2.24) is 4.90 Å². The molecule has 132 valence electrons. The van der Waals surface area contributed by atoms with Crippen molar-refractivity contribution in [3.05, 3.63) is 24.3 Å². The van der Waals surface area contributed by atoms with Gasteiger partial charge in [-0.15, -0.1) is 0 Å². The summed E-state index contributed by atoms with van der Waals surface area (Å²) in [7, 11) is 0. The average Bonchev–Trinajstić information content (AvgIpc) is 2.91. The van der Waals surface area contributed by atoms with Crippen LogP contribution < -0.4 is 9.47 Å². The molecule has 6 nitrogen and oxygen atoms in total. The zero-order valence-corrected chi connectivity index (χ0v) is 14.7. The van der Waals surface area contributed by atoms with E-state index in [1.54, 1.807) is 29.2 Å². The van der Waals surface area contributed by atoms with E-state index in [2.05, 4.69) is 0 Å². The SMILES string of the molecule is CC(=O)Oc1cccc(OCC2CCCN2C(=O)OC(C)(C)C)c1. The van der Waals surface area contributed by atoms with Gasteiger partial charge < -0.3 is 19.1 Å². The van der Waals surface area contributed by atoms with Crippen LogP contribution in [0, 0.1) is 0 Å². The lowest BCUT2D eigenvalue weighted by Crippen LogP contribution is -2.42. The number of esters is 1. The van der Waals surface area contributed by atoms with Crippen LogP contribution in [0.25, 0.3) is 0 Å². The Balaban J connectivity index is 1.93. The molecule has 1 aromatic rings. The van der Waals surface area contributed by atoms with Gasteiger partial charge in [0.1, 0.15) is 23.7 Å². The summed E-state index contributed by atoms with van der Waals surface area (Å²) in [4.78, 5) is 25.0. The van der Waals surface area contributed by atoms with Gasteiger partial charge in [-0.2, -0.15) is 0 Å². The number of carbonyl (C=O) groups is 2. The lowest BCUT2D eigenvalue weighted by molar-refractivity contribution is -0.131. The van der Waals surface area contributed by atoms with E-state index in [1.807, 2.05) is 20.8 Å². The zero-order chi connectivity index (χ0) is 17.7. The molecule has 0 bridgehead atoms. The average molecular weight is 335 g/mol. The first-order chi connectivity index (χ1) is 11.2. The fraction of sp³-hybridized carbons (Fsp3) is 0.556. The molecule has 1 heterocycles. The van der Waals surface area contributed by atoms with Crippen LogP contribution in [0.4, 0.5) is 4.79 Å². The first-order valence-electron chi connectivity index (χ1n) is 8.15. The Labute approximate surface area is 142 Å². The van der Waals surface area contributed by atoms with Crippen molar-refractivity contribution < 1.29 is 23.8 Å². The largest absolute Gasteiger partial charge is 0.491 e. The maximum atomic E-state index is 12.2. The summed E-state index contributed by atoms with van der Waals surface area (Å²) < 4.78 is 16.3. The molecule has 6 heteroatoms. The molecule has 1 saturated heterocycles. The second-order valence-corrected chi connectivity index (χ2v) is 6.85. The van der Waals surface area contributed by atoms with E-state index in [0.717, 1.165) is 12.8 Å². The van der Waals surface area contributed by atoms with Crippen LogP contribution in [-0.4, -0.2) is 41.8 Å². The van der Waals surface area contributed by atoms with Crippen molar-refractivity contribution >= 4 is 12.1 Å². The summed E-state index contributed by atoms with van der Waals surface area (Å²) in [6, 6.07) is 6.88. The van der Waals surface area contributed by atoms with E-state index in [-0.39, 0.29) is 18.1 Å². The lowest BCUT2D eigenvalue weighted by atomic mass is 10.2. The van der Waals surface area contributed by atoms with E-state index in [9.17, 15) is 9.59 Å². The Morgan fingerprint density at radius 3 is 2.62 bits per heavy atom. The van der Waals surface area contributed by atoms with Crippen LogP contribution >= 0.6 is 0 Å². The number of hydrogen-bond donors (Lipinski definition) is 0. The number of nitrogens with zero attached hydrogens (tertiary/aromatic N) is 1. The first-order valence-corrected chi connectivity index (χ1v) is 8.15. The van der Waals surface area contributed by atoms with Crippen LogP contribution in [0.3, 0.4) is 0 Å². The van der Waals surface area contributed by atoms with Crippen molar-refractivity contribution in [2.24, 2.45) is 0 Å². The highest BCUT2D eigenvalue weighted by molar-refractivity contribution is 5.69. The lowest BCUT2D eigenvalue weighted by Gasteiger charge is -2.28. The van der Waals surface area contributed by atoms with Gasteiger partial charge >= 0.3 is 12.1 Å². The Morgan fingerprint density at radius 2 is 1.96 bits per heavy atom. The molecule has 1 amide bonds. The summed E-state index contributed by atoms with van der Waals surface area (Å²) in [5.41, 5.74) is -0.510. The molecular weight excluding hydrogens is 310 g/mol. The predicted octanol–water partition coefficient (Wildman–Crippen LogP) is 3.39. The van der Waals surface area contributed by atoms with Gasteiger partial charge in [0.25, 0.3) is 0 Å². The second kappa shape index (κ2) is 7.55. The van der Waals surface area contributed by atoms with Gasteiger partial charge in [0.05, 0.1) is 6.04 Å². The Kier molecular flexibility index (Phi) is 5.70. The maximum absolute atomic E-state index is 12.2. The third-order valence-electron chi connectivity index (χ3n) is 3.51. The standard InChI is InChI=1S/C18H25NO5/c1-13(20)23-16-9-5-8-15(11-16)22-12-14-7-6-10-19(14)17(21)24-18(2,3)4/h5,8-9,11,14H,6-7,10,12H2,1-4H3. The molecular formula is C18H25NO5. The van der Waals surface area contributed by atoms with E-state index >= 15 is 0 Å². The van der Waals surface area contributed by atoms with Gasteiger partial charge in [-0.25, -0.2) is 4.79 Å². The number of hydrogen-bond acceptors (Lipinski definition) is 5. The van der Waals surface area contributed by atoms with Crippen LogP contribution in [0.15, 0.2) is 24.3 Å². The summed E-state index contributed by atoms with van der Waals surface area (Å²) in [6.45, 7) is 7.97. The van der Waals surface area contributed by atoms with Gasteiger partial charge in [0.15, 0.2) is 0 Å². The number of amides is 1. The molecule has 1 atom stereocenters. The van der Waals surface area contributed by atoms with Gasteiger partial charge in [0, 0.05) is 19.5 Å². The van der Waals surface area contributed by atoms with Gasteiger partial charge in [-0.1, -0.05) is 6.07 Å². The molecule has 1 aliphatic rings. The molecule has 24 heavy (non-hydrogen) atoms. The fourth-order valence-electron chi connectivity index (χ4n) is 2.56. The van der Waals surface area contributed by atoms with E-state index in [1.165, 1.54) is 6.92 Å². The van der Waals surface area contributed by atoms with Gasteiger partial charge in [-0.3, -0.25) is 4.79 Å². The second-order valence-electron chi connectivity index (χ2n) is 6.85. The molecule has 1 unspecified atom stereocenters. The van der Waals surface area contributed by atoms with Crippen LogP contribution in [0.5, 0.6) is 11.5 Å². The summed E-state index contributed by atoms with van der Waals surface area (Å²) in [5.74, 6) is 0.666. The molecule has 1 aromatic carbocycles. The minimum Gasteiger partial charge on any atom is -0.491 e. The van der Waals surface area contributed by atoms with Gasteiger partial charge in [0.2, 0.25) is 0 Å². The summed E-state index contributed by atoms with van der Waals surface area (Å²) in [5, 5.41) is 0. The number of carbonyl (C=O) groups excluding carboxylic acids is 2. The maximum Gasteiger partial charge on any atom is 0.410 e. The Bertz CT molecular complexity index is 593. The van der Waals surface area contributed by atoms with Crippen molar-refractivity contribution in [2.45, 2.75) is 52.2 Å². The molecule has 1 fully saturated rings. The van der Waals surface area contributed by atoms with Crippen molar-refractivity contribution in [3.8, 4) is 11.5 Å². The van der Waals surface area contributed by atoms with Crippen LogP contribution in [0.2, 0.25) is 0 Å². The number of likely N-dealkylation sites (tertiary alicyclic amines) is 1. The Hall–Kier alpha value is -2.24. The topological polar surface area (TPSA) is 65.1 Å². The third kappa shape index (κ3) is 5.44. The van der Waals surface area contributed by atoms with Gasteiger partial charge in [-0.05, 0) is 45.7 Å². The molecule has 0 radical (unpaired) electrons. The van der Waals surface area contributed by atoms with Crippen LogP contribution in [0.1, 0.15) is 40.5 Å². The number of rotatable bonds is 4. The smallest absolute Gasteiger partial charge is 0.410 e. The highest BCUT2D eigenvalue weighted by atomic mass is 16.6. The molecule has 2 rings (SSSR count). The minimum absolute atomic E-state index is 0.0165. The van der Waals surface area contributed by atoms with Crippen molar-refractivity contribution in [1.29, 1.82) is 0 Å². The monoisotopic (exact) mass is 335 g/mol. The molecule has 0 spiro atoms. The molecule has 1 aliphatic heterocycles. The highest BCUT2D eigenvalue weighted by Crippen LogP contribution is 2.24. The van der Waals surface area contributed by atoms with Crippen molar-refractivity contribution in [2.75, 3.05) is 13.2 Å². The molecule has 0 N–H and O–H groups in total. The zero-order valence-electron chi connectivity index (χ0n) is 14.7. The summed E-state index contributed by atoms with van der Waals surface area (Å²) >= 11 is 0. The third-order valence-corrected chi connectivity index (χ3v) is 3.51. The fourth-order valence-corrected chi connectivity index (χ4v) is 2.56. The van der Waals surface area contributed by atoms with Crippen LogP contribution in [-0.2, 0) is 9.53 Å². The summed E-state index contributed by atoms with van der Waals surface area (Å²) in [6.07, 6.45) is 1.51. The van der Waals surface area contributed by atoms with E-state index in [4.69, 9.17) is 14.2 Å². The van der Waals surface area contributed by atoms with Crippen molar-refractivity contribution in [3.63, 3.8) is 0 Å². The number of ether oxygens (including phenoxy) is 3. The first kappa shape index (κ1) is 18.1. The quantitative estimate of drug-likeness (QED) is 0.623. The van der Waals surface area contributed by atoms with E-state index < -0.39 is 5.60 Å².